The van der Waals surface area contributed by atoms with E-state index in [1.807, 2.05) is 35.6 Å². The highest BCUT2D eigenvalue weighted by atomic mass is 32.1. The lowest BCUT2D eigenvalue weighted by atomic mass is 10.1. The Morgan fingerprint density at radius 3 is 2.17 bits per heavy atom. The van der Waals surface area contributed by atoms with Crippen molar-refractivity contribution in [2.45, 2.75) is 19.1 Å². The molecule has 1 N–H and O–H groups in total. The normalized spacial score (nSPS) is 15.6. The van der Waals surface area contributed by atoms with Gasteiger partial charge in [-0.05, 0) is 96.2 Å². The molecule has 3 heterocycles. The second kappa shape index (κ2) is 11.1. The molecule has 6 heteroatoms. The predicted octanol–water partition coefficient (Wildman–Crippen LogP) is 11.0. The molecule has 1 aliphatic heterocycles. The number of oxazole rings is 1. The first kappa shape index (κ1) is 26.8. The molecule has 0 saturated heterocycles. The highest BCUT2D eigenvalue weighted by Crippen LogP contribution is 2.40. The molecule has 5 aromatic carbocycles. The summed E-state index contributed by atoms with van der Waals surface area (Å²) in [5, 5.41) is 4.80. The van der Waals surface area contributed by atoms with E-state index in [9.17, 15) is 0 Å². The summed E-state index contributed by atoms with van der Waals surface area (Å²) in [7, 11) is 0. The number of thiophene rings is 1. The molecule has 0 unspecified atom stereocenters. The minimum atomic E-state index is -0.175. The van der Waals surface area contributed by atoms with Crippen LogP contribution in [0.1, 0.15) is 24.6 Å². The molecule has 0 radical (unpaired) electrons. The van der Waals surface area contributed by atoms with E-state index < -0.39 is 0 Å². The van der Waals surface area contributed by atoms with Crippen LogP contribution in [-0.4, -0.2) is 4.98 Å². The van der Waals surface area contributed by atoms with E-state index in [0.29, 0.717) is 5.89 Å². The predicted molar refractivity (Wildman–Crippen MR) is 187 cm³/mol. The fourth-order valence-electron chi connectivity index (χ4n) is 6.25. The van der Waals surface area contributed by atoms with Crippen LogP contribution in [0.15, 0.2) is 155 Å². The fraction of sp³-hybridized carbons (Fsp3) is 0.0750. The molecule has 2 aromatic heterocycles. The summed E-state index contributed by atoms with van der Waals surface area (Å²) in [4.78, 5) is 8.24. The minimum absolute atomic E-state index is 0.175. The molecule has 5 nitrogen and oxygen atoms in total. The molecule has 46 heavy (non-hydrogen) atoms. The summed E-state index contributed by atoms with van der Waals surface area (Å²) in [6, 6.07) is 44.6. The number of hydrogen-bond donors (Lipinski definition) is 1. The molecule has 0 fully saturated rings. The van der Waals surface area contributed by atoms with Gasteiger partial charge in [0.15, 0.2) is 11.8 Å². The van der Waals surface area contributed by atoms with Gasteiger partial charge >= 0.3 is 0 Å². The van der Waals surface area contributed by atoms with Crippen molar-refractivity contribution in [3.8, 4) is 21.9 Å². The van der Waals surface area contributed by atoms with Crippen LogP contribution in [0.3, 0.4) is 0 Å². The van der Waals surface area contributed by atoms with Gasteiger partial charge in [0.05, 0.1) is 5.70 Å². The number of fused-ring (bicyclic) bond motifs is 2. The number of ether oxygens (including phenoxy) is 1. The highest BCUT2D eigenvalue weighted by molar-refractivity contribution is 7.22. The first-order valence-corrected chi connectivity index (χ1v) is 16.3. The molecule has 222 valence electrons. The summed E-state index contributed by atoms with van der Waals surface area (Å²) >= 11 is 1.83. The average molecular weight is 616 g/mol. The first-order valence-electron chi connectivity index (χ1n) is 15.5. The van der Waals surface area contributed by atoms with Crippen molar-refractivity contribution in [2.75, 3.05) is 4.90 Å². The lowest BCUT2D eigenvalue weighted by Crippen LogP contribution is -2.15. The van der Waals surface area contributed by atoms with Gasteiger partial charge < -0.3 is 19.4 Å². The molecule has 0 spiro atoms. The number of aromatic nitrogens is 1. The Hall–Kier alpha value is -5.59. The molecule has 1 aliphatic carbocycles. The van der Waals surface area contributed by atoms with Crippen molar-refractivity contribution in [1.82, 2.24) is 10.3 Å². The van der Waals surface area contributed by atoms with Crippen LogP contribution in [0.2, 0.25) is 0 Å². The van der Waals surface area contributed by atoms with Crippen LogP contribution in [0.5, 0.6) is 0 Å². The third-order valence-electron chi connectivity index (χ3n) is 8.63. The van der Waals surface area contributed by atoms with Crippen LogP contribution >= 0.6 is 11.3 Å². The first-order chi connectivity index (χ1) is 22.7. The smallest absolute Gasteiger partial charge is 0.227 e. The second-order valence-corrected chi connectivity index (χ2v) is 12.7. The van der Waals surface area contributed by atoms with Gasteiger partial charge in [-0.1, -0.05) is 60.7 Å². The van der Waals surface area contributed by atoms with Crippen molar-refractivity contribution >= 4 is 49.6 Å². The average Bonchev–Trinajstić information content (AvgIpc) is 3.86. The number of nitrogens with zero attached hydrogens (tertiary/aromatic N) is 2. The molecular formula is C40H29N3O2S. The van der Waals surface area contributed by atoms with E-state index in [0.717, 1.165) is 63.6 Å². The maximum atomic E-state index is 6.26. The van der Waals surface area contributed by atoms with Gasteiger partial charge in [-0.3, -0.25) is 0 Å². The van der Waals surface area contributed by atoms with Crippen molar-refractivity contribution < 1.29 is 9.15 Å². The van der Waals surface area contributed by atoms with E-state index in [4.69, 9.17) is 14.1 Å². The number of para-hydroxylation sites is 2. The van der Waals surface area contributed by atoms with E-state index in [1.54, 1.807) is 0 Å². The summed E-state index contributed by atoms with van der Waals surface area (Å²) in [5.74, 6) is 1.67. The van der Waals surface area contributed by atoms with Gasteiger partial charge in [0, 0.05) is 44.2 Å². The van der Waals surface area contributed by atoms with E-state index in [1.165, 1.54) is 20.5 Å². The lowest BCUT2D eigenvalue weighted by molar-refractivity contribution is 0.123. The summed E-state index contributed by atoms with van der Waals surface area (Å²) in [6.07, 6.45) is 6.11. The Balaban J connectivity index is 1.06. The van der Waals surface area contributed by atoms with Gasteiger partial charge in [0.1, 0.15) is 11.3 Å². The lowest BCUT2D eigenvalue weighted by Gasteiger charge is -2.26. The SMILES string of the molecule is C1=CC2=C(CC1)O[C@@H](c1ccc(N(c3ccc(-c4nc5ccccc5o4)cc3)c3ccc(-c4cc5ccccc5s4)cc3)cc1)N2. The standard InChI is InChI=1S/C40H29N3O2S/c1-6-12-37-29(7-1)25-38(46-37)26-13-19-30(20-14-26)43(31-21-15-27(16-22-31)39-41-33-8-2-4-10-35(33)44-39)32-23-17-28(18-24-32)40-42-34-9-3-5-11-36(34)45-40/h1-4,6-10,12-25,40,42H,5,11H2/t40-/m0/s1. The summed E-state index contributed by atoms with van der Waals surface area (Å²) < 4.78 is 13.6. The Labute approximate surface area is 270 Å². The summed E-state index contributed by atoms with van der Waals surface area (Å²) in [6.45, 7) is 0. The Bertz CT molecular complexity index is 2080. The molecule has 7 aromatic rings. The Morgan fingerprint density at radius 1 is 0.739 bits per heavy atom. The number of allylic oxidation sites excluding steroid dienone is 3. The van der Waals surface area contributed by atoms with Crippen molar-refractivity contribution in [3.63, 3.8) is 0 Å². The van der Waals surface area contributed by atoms with Crippen molar-refractivity contribution in [2.24, 2.45) is 0 Å². The number of nitrogens with one attached hydrogen (secondary N) is 1. The zero-order valence-corrected chi connectivity index (χ0v) is 25.7. The minimum Gasteiger partial charge on any atom is -0.469 e. The van der Waals surface area contributed by atoms with Crippen molar-refractivity contribution in [1.29, 1.82) is 0 Å². The molecule has 1 atom stereocenters. The van der Waals surface area contributed by atoms with Gasteiger partial charge in [-0.25, -0.2) is 4.98 Å². The van der Waals surface area contributed by atoms with Crippen LogP contribution in [0.4, 0.5) is 17.1 Å². The molecule has 0 amide bonds. The topological polar surface area (TPSA) is 50.5 Å². The van der Waals surface area contributed by atoms with E-state index >= 15 is 0 Å². The van der Waals surface area contributed by atoms with Gasteiger partial charge in [-0.2, -0.15) is 0 Å². The number of rotatable bonds is 6. The highest BCUT2D eigenvalue weighted by Gasteiger charge is 2.26. The van der Waals surface area contributed by atoms with Crippen LogP contribution < -0.4 is 10.2 Å². The number of hydrogen-bond acceptors (Lipinski definition) is 6. The third-order valence-corrected chi connectivity index (χ3v) is 9.79. The summed E-state index contributed by atoms with van der Waals surface area (Å²) in [5.41, 5.74) is 9.15. The van der Waals surface area contributed by atoms with Gasteiger partial charge in [0.25, 0.3) is 0 Å². The monoisotopic (exact) mass is 615 g/mol. The molecular weight excluding hydrogens is 587 g/mol. The Morgan fingerprint density at radius 2 is 1.43 bits per heavy atom. The zero-order valence-electron chi connectivity index (χ0n) is 24.9. The van der Waals surface area contributed by atoms with Gasteiger partial charge in [0.2, 0.25) is 5.89 Å². The van der Waals surface area contributed by atoms with Crippen LogP contribution in [-0.2, 0) is 4.74 Å². The maximum Gasteiger partial charge on any atom is 0.227 e. The zero-order chi connectivity index (χ0) is 30.5. The van der Waals surface area contributed by atoms with E-state index in [2.05, 4.69) is 125 Å². The third kappa shape index (κ3) is 4.84. The van der Waals surface area contributed by atoms with Crippen LogP contribution in [0.25, 0.3) is 43.1 Å². The second-order valence-electron chi connectivity index (χ2n) is 11.6. The number of benzene rings is 5. The van der Waals surface area contributed by atoms with Gasteiger partial charge in [-0.15, -0.1) is 11.3 Å². The molecule has 2 aliphatic rings. The largest absolute Gasteiger partial charge is 0.469 e. The molecule has 9 rings (SSSR count). The molecule has 0 saturated carbocycles. The maximum absolute atomic E-state index is 6.26. The quantitative estimate of drug-likeness (QED) is 0.202. The van der Waals surface area contributed by atoms with E-state index in [-0.39, 0.29) is 6.23 Å². The number of anilines is 3. The Kier molecular flexibility index (Phi) is 6.46. The fourth-order valence-corrected chi connectivity index (χ4v) is 7.32. The molecule has 0 bridgehead atoms. The van der Waals surface area contributed by atoms with Crippen molar-refractivity contribution in [3.05, 3.63) is 157 Å². The van der Waals surface area contributed by atoms with Crippen LogP contribution in [0, 0.1) is 0 Å².